The average molecular weight is 195 g/mol. The smallest absolute Gasteiger partial charge is 0.354 e. The fraction of sp³-hybridized carbons (Fsp3) is 0.400. The van der Waals surface area contributed by atoms with Gasteiger partial charge in [-0.25, -0.2) is 4.79 Å². The number of carbonyl (C=O) groups excluding carboxylic acids is 1. The van der Waals surface area contributed by atoms with Crippen molar-refractivity contribution in [1.82, 2.24) is 4.98 Å². The average Bonchev–Trinajstić information content (AvgIpc) is 2.16. The summed E-state index contributed by atoms with van der Waals surface area (Å²) in [4.78, 5) is 24.8. The number of pyridine rings is 1. The molecule has 0 unspecified atom stereocenters. The molecule has 0 aliphatic heterocycles. The minimum absolute atomic E-state index is 0.168. The molecule has 1 rings (SSSR count). The van der Waals surface area contributed by atoms with Gasteiger partial charge in [-0.1, -0.05) is 19.9 Å². The largest absolute Gasteiger partial charge is 0.464 e. The molecule has 0 aliphatic rings. The standard InChI is InChI=1S/C10H13NO3/c1-6(2)7-4-5-8(12)11-9(7)10(13)14-3/h4-6H,1-3H3,(H,11,12). The lowest BCUT2D eigenvalue weighted by molar-refractivity contribution is 0.0592. The Hall–Kier alpha value is -1.58. The summed E-state index contributed by atoms with van der Waals surface area (Å²) in [5, 5.41) is 0. The third-order valence-corrected chi connectivity index (χ3v) is 1.96. The van der Waals surface area contributed by atoms with Crippen LogP contribution in [0.1, 0.15) is 35.8 Å². The molecule has 1 aromatic rings. The van der Waals surface area contributed by atoms with E-state index in [0.29, 0.717) is 0 Å². The molecule has 1 N–H and O–H groups in total. The Morgan fingerprint density at radius 1 is 1.43 bits per heavy atom. The number of aromatic amines is 1. The van der Waals surface area contributed by atoms with Crippen molar-refractivity contribution in [2.45, 2.75) is 19.8 Å². The van der Waals surface area contributed by atoms with Crippen LogP contribution in [0.3, 0.4) is 0 Å². The Morgan fingerprint density at radius 2 is 2.07 bits per heavy atom. The molecule has 0 radical (unpaired) electrons. The quantitative estimate of drug-likeness (QED) is 0.723. The SMILES string of the molecule is COC(=O)c1[nH]c(=O)ccc1C(C)C. The van der Waals surface area contributed by atoms with E-state index in [2.05, 4.69) is 9.72 Å². The van der Waals surface area contributed by atoms with Gasteiger partial charge in [0.15, 0.2) is 0 Å². The lowest BCUT2D eigenvalue weighted by Gasteiger charge is -2.09. The van der Waals surface area contributed by atoms with Crippen molar-refractivity contribution >= 4 is 5.97 Å². The Labute approximate surface area is 81.9 Å². The van der Waals surface area contributed by atoms with Crippen LogP contribution in [0.5, 0.6) is 0 Å². The molecule has 14 heavy (non-hydrogen) atoms. The molecule has 1 heterocycles. The number of esters is 1. The van der Waals surface area contributed by atoms with E-state index in [0.717, 1.165) is 5.56 Å². The normalized spacial score (nSPS) is 10.3. The van der Waals surface area contributed by atoms with E-state index in [-0.39, 0.29) is 17.2 Å². The first-order valence-electron chi connectivity index (χ1n) is 4.37. The van der Waals surface area contributed by atoms with E-state index >= 15 is 0 Å². The maximum absolute atomic E-state index is 11.3. The summed E-state index contributed by atoms with van der Waals surface area (Å²) in [6.45, 7) is 3.89. The van der Waals surface area contributed by atoms with Crippen LogP contribution in [0.2, 0.25) is 0 Å². The number of nitrogens with one attached hydrogen (secondary N) is 1. The minimum Gasteiger partial charge on any atom is -0.464 e. The van der Waals surface area contributed by atoms with Crippen LogP contribution < -0.4 is 5.56 Å². The fourth-order valence-electron chi connectivity index (χ4n) is 1.24. The van der Waals surface area contributed by atoms with E-state index in [4.69, 9.17) is 0 Å². The molecule has 0 bridgehead atoms. The summed E-state index contributed by atoms with van der Waals surface area (Å²) in [5.74, 6) is -0.340. The number of hydrogen-bond acceptors (Lipinski definition) is 3. The van der Waals surface area contributed by atoms with Gasteiger partial charge >= 0.3 is 5.97 Å². The highest BCUT2D eigenvalue weighted by molar-refractivity contribution is 5.88. The zero-order valence-electron chi connectivity index (χ0n) is 8.46. The highest BCUT2D eigenvalue weighted by Crippen LogP contribution is 2.16. The van der Waals surface area contributed by atoms with Crippen molar-refractivity contribution in [3.63, 3.8) is 0 Å². The van der Waals surface area contributed by atoms with Gasteiger partial charge in [-0.05, 0) is 11.5 Å². The van der Waals surface area contributed by atoms with Crippen LogP contribution in [0, 0.1) is 0 Å². The number of H-pyrrole nitrogens is 1. The lowest BCUT2D eigenvalue weighted by Crippen LogP contribution is -2.16. The summed E-state index contributed by atoms with van der Waals surface area (Å²) in [7, 11) is 1.29. The number of rotatable bonds is 2. The van der Waals surface area contributed by atoms with Gasteiger partial charge in [-0.15, -0.1) is 0 Å². The molecule has 4 heteroatoms. The van der Waals surface area contributed by atoms with Gasteiger partial charge in [0.25, 0.3) is 0 Å². The molecule has 0 atom stereocenters. The zero-order chi connectivity index (χ0) is 10.7. The van der Waals surface area contributed by atoms with Crippen molar-refractivity contribution < 1.29 is 9.53 Å². The van der Waals surface area contributed by atoms with Gasteiger partial charge in [-0.2, -0.15) is 0 Å². The summed E-state index contributed by atoms with van der Waals surface area (Å²) < 4.78 is 4.57. The van der Waals surface area contributed by atoms with Crippen molar-refractivity contribution in [3.05, 3.63) is 33.7 Å². The van der Waals surface area contributed by atoms with Gasteiger partial charge in [0.05, 0.1) is 7.11 Å². The number of hydrogen-bond donors (Lipinski definition) is 1. The van der Waals surface area contributed by atoms with E-state index in [1.165, 1.54) is 13.2 Å². The molecule has 0 spiro atoms. The second-order valence-electron chi connectivity index (χ2n) is 3.30. The number of methoxy groups -OCH3 is 1. The first kappa shape index (κ1) is 10.5. The number of aromatic nitrogens is 1. The first-order chi connectivity index (χ1) is 6.56. The molecule has 0 fully saturated rings. The van der Waals surface area contributed by atoms with Gasteiger partial charge in [0, 0.05) is 6.07 Å². The Morgan fingerprint density at radius 3 is 2.57 bits per heavy atom. The van der Waals surface area contributed by atoms with Crippen molar-refractivity contribution in [2.75, 3.05) is 7.11 Å². The summed E-state index contributed by atoms with van der Waals surface area (Å²) in [6, 6.07) is 3.05. The summed E-state index contributed by atoms with van der Waals surface area (Å²) in [5.41, 5.74) is 0.737. The number of ether oxygens (including phenoxy) is 1. The van der Waals surface area contributed by atoms with Crippen LogP contribution in [-0.4, -0.2) is 18.1 Å². The summed E-state index contributed by atoms with van der Waals surface area (Å²) >= 11 is 0. The second-order valence-corrected chi connectivity index (χ2v) is 3.30. The molecule has 0 amide bonds. The van der Waals surface area contributed by atoms with Crippen LogP contribution in [0.25, 0.3) is 0 Å². The molecule has 4 nitrogen and oxygen atoms in total. The molecular weight excluding hydrogens is 182 g/mol. The van der Waals surface area contributed by atoms with Crippen LogP contribution in [0.15, 0.2) is 16.9 Å². The third kappa shape index (κ3) is 2.02. The Balaban J connectivity index is 3.29. The van der Waals surface area contributed by atoms with Crippen LogP contribution in [-0.2, 0) is 4.74 Å². The third-order valence-electron chi connectivity index (χ3n) is 1.96. The van der Waals surface area contributed by atoms with Crippen LogP contribution >= 0.6 is 0 Å². The maximum atomic E-state index is 11.3. The number of carbonyl (C=O) groups is 1. The van der Waals surface area contributed by atoms with Gasteiger partial charge in [0.1, 0.15) is 5.69 Å². The molecule has 0 saturated heterocycles. The molecule has 1 aromatic heterocycles. The second kappa shape index (κ2) is 4.09. The van der Waals surface area contributed by atoms with Crippen molar-refractivity contribution in [3.8, 4) is 0 Å². The highest BCUT2D eigenvalue weighted by atomic mass is 16.5. The fourth-order valence-corrected chi connectivity index (χ4v) is 1.24. The van der Waals surface area contributed by atoms with E-state index < -0.39 is 5.97 Å². The van der Waals surface area contributed by atoms with E-state index in [9.17, 15) is 9.59 Å². The molecule has 0 saturated carbocycles. The molecular formula is C10H13NO3. The van der Waals surface area contributed by atoms with Crippen molar-refractivity contribution in [2.24, 2.45) is 0 Å². The highest BCUT2D eigenvalue weighted by Gasteiger charge is 2.14. The molecule has 0 aromatic carbocycles. The molecule has 76 valence electrons. The Bertz CT molecular complexity index is 393. The topological polar surface area (TPSA) is 59.2 Å². The first-order valence-corrected chi connectivity index (χ1v) is 4.37. The lowest BCUT2D eigenvalue weighted by atomic mass is 10.0. The van der Waals surface area contributed by atoms with E-state index in [1.54, 1.807) is 6.07 Å². The van der Waals surface area contributed by atoms with Crippen molar-refractivity contribution in [1.29, 1.82) is 0 Å². The van der Waals surface area contributed by atoms with Gasteiger partial charge in [0.2, 0.25) is 5.56 Å². The van der Waals surface area contributed by atoms with Gasteiger partial charge in [-0.3, -0.25) is 4.79 Å². The molecule has 0 aliphatic carbocycles. The maximum Gasteiger partial charge on any atom is 0.354 e. The monoisotopic (exact) mass is 195 g/mol. The predicted octanol–water partition coefficient (Wildman–Crippen LogP) is 1.28. The van der Waals surface area contributed by atoms with Gasteiger partial charge < -0.3 is 9.72 Å². The van der Waals surface area contributed by atoms with E-state index in [1.807, 2.05) is 13.8 Å². The minimum atomic E-state index is -0.508. The predicted molar refractivity (Wildman–Crippen MR) is 52.5 cm³/mol. The summed E-state index contributed by atoms with van der Waals surface area (Å²) in [6.07, 6.45) is 0. The zero-order valence-corrected chi connectivity index (χ0v) is 8.46. The van der Waals surface area contributed by atoms with Crippen LogP contribution in [0.4, 0.5) is 0 Å². The Kier molecular flexibility index (Phi) is 3.06.